The molecule has 7 nitrogen and oxygen atoms in total. The van der Waals surface area contributed by atoms with Crippen molar-refractivity contribution in [3.8, 4) is 0 Å². The first-order chi connectivity index (χ1) is 14.4. The first-order valence-electron chi connectivity index (χ1n) is 11.0. The molecule has 2 atom stereocenters. The summed E-state index contributed by atoms with van der Waals surface area (Å²) >= 11 is 0. The maximum atomic E-state index is 13.6. The minimum atomic E-state index is -3.03. The minimum absolute atomic E-state index is 0.0276. The van der Waals surface area contributed by atoms with Crippen LogP contribution in [0, 0.1) is 11.8 Å². The monoisotopic (exact) mass is 433 g/mol. The molecule has 3 aliphatic rings. The molecule has 164 valence electrons. The lowest BCUT2D eigenvalue weighted by Gasteiger charge is -2.39. The van der Waals surface area contributed by atoms with E-state index < -0.39 is 15.9 Å². The Morgan fingerprint density at radius 2 is 1.73 bits per heavy atom. The molecule has 0 radical (unpaired) electrons. The molecule has 2 amide bonds. The second kappa shape index (κ2) is 9.06. The van der Waals surface area contributed by atoms with Gasteiger partial charge in [0, 0.05) is 32.7 Å². The van der Waals surface area contributed by atoms with Crippen molar-refractivity contribution in [3.63, 3.8) is 0 Å². The van der Waals surface area contributed by atoms with Gasteiger partial charge in [-0.25, -0.2) is 8.42 Å². The van der Waals surface area contributed by atoms with Crippen LogP contribution in [0.25, 0.3) is 0 Å². The molecule has 0 bridgehead atoms. The van der Waals surface area contributed by atoms with Gasteiger partial charge in [0.25, 0.3) is 0 Å². The van der Waals surface area contributed by atoms with Gasteiger partial charge in [0.1, 0.15) is 6.04 Å². The van der Waals surface area contributed by atoms with Gasteiger partial charge in [-0.05, 0) is 37.2 Å². The van der Waals surface area contributed by atoms with E-state index in [-0.39, 0.29) is 29.2 Å². The van der Waals surface area contributed by atoms with Crippen LogP contribution in [0.15, 0.2) is 30.3 Å². The molecule has 2 unspecified atom stereocenters. The van der Waals surface area contributed by atoms with Crippen LogP contribution in [0.4, 0.5) is 0 Å². The number of sulfone groups is 1. The molecule has 3 fully saturated rings. The average molecular weight is 434 g/mol. The summed E-state index contributed by atoms with van der Waals surface area (Å²) in [7, 11) is -3.03. The zero-order chi connectivity index (χ0) is 21.1. The van der Waals surface area contributed by atoms with Crippen LogP contribution in [0.2, 0.25) is 0 Å². The van der Waals surface area contributed by atoms with E-state index in [0.717, 1.165) is 24.9 Å². The third-order valence-corrected chi connectivity index (χ3v) is 8.07. The Kier molecular flexibility index (Phi) is 6.43. The van der Waals surface area contributed by atoms with Gasteiger partial charge < -0.3 is 10.2 Å². The quantitative estimate of drug-likeness (QED) is 0.729. The van der Waals surface area contributed by atoms with Crippen molar-refractivity contribution in [1.29, 1.82) is 0 Å². The van der Waals surface area contributed by atoms with Gasteiger partial charge in [0.2, 0.25) is 11.8 Å². The summed E-state index contributed by atoms with van der Waals surface area (Å²) < 4.78 is 23.8. The Bertz CT molecular complexity index is 856. The van der Waals surface area contributed by atoms with E-state index in [9.17, 15) is 18.0 Å². The van der Waals surface area contributed by atoms with E-state index in [0.29, 0.717) is 32.1 Å². The fourth-order valence-electron chi connectivity index (χ4n) is 4.41. The Morgan fingerprint density at radius 3 is 2.40 bits per heavy atom. The van der Waals surface area contributed by atoms with Gasteiger partial charge in [-0.1, -0.05) is 30.3 Å². The van der Waals surface area contributed by atoms with E-state index in [4.69, 9.17) is 0 Å². The molecule has 8 heteroatoms. The van der Waals surface area contributed by atoms with Crippen LogP contribution in [-0.2, 0) is 19.4 Å². The number of carbonyl (C=O) groups excluding carboxylic acids is 2. The second-order valence-corrected chi connectivity index (χ2v) is 11.1. The van der Waals surface area contributed by atoms with Crippen molar-refractivity contribution < 1.29 is 18.0 Å². The Balaban J connectivity index is 1.47. The lowest BCUT2D eigenvalue weighted by molar-refractivity contribution is -0.140. The van der Waals surface area contributed by atoms with Crippen LogP contribution >= 0.6 is 0 Å². The molecular formula is C22H31N3O4S. The smallest absolute Gasteiger partial charge is 0.244 e. The minimum Gasteiger partial charge on any atom is -0.356 e. The Labute approximate surface area is 178 Å². The summed E-state index contributed by atoms with van der Waals surface area (Å²) in [6, 6.07) is 9.06. The van der Waals surface area contributed by atoms with Gasteiger partial charge in [0.15, 0.2) is 9.84 Å². The third-order valence-electron chi connectivity index (χ3n) is 6.46. The van der Waals surface area contributed by atoms with Crippen LogP contribution in [-0.4, -0.2) is 74.3 Å². The fourth-order valence-corrected chi connectivity index (χ4v) is 5.63. The first kappa shape index (κ1) is 21.3. The van der Waals surface area contributed by atoms with Gasteiger partial charge in [-0.3, -0.25) is 14.5 Å². The van der Waals surface area contributed by atoms with E-state index in [1.807, 2.05) is 40.1 Å². The van der Waals surface area contributed by atoms with Crippen molar-refractivity contribution in [2.45, 2.75) is 31.7 Å². The average Bonchev–Trinajstić information content (AvgIpc) is 3.59. The number of likely N-dealkylation sites (tertiary alicyclic amines) is 1. The summed E-state index contributed by atoms with van der Waals surface area (Å²) in [5.74, 6) is 0.652. The topological polar surface area (TPSA) is 86.8 Å². The number of hydrogen-bond donors (Lipinski definition) is 1. The number of nitrogens with one attached hydrogen (secondary N) is 1. The van der Waals surface area contributed by atoms with Gasteiger partial charge in [0.05, 0.1) is 17.4 Å². The summed E-state index contributed by atoms with van der Waals surface area (Å²) in [6.45, 7) is 2.53. The molecule has 1 N–H and O–H groups in total. The van der Waals surface area contributed by atoms with Crippen LogP contribution in [0.5, 0.6) is 0 Å². The van der Waals surface area contributed by atoms with Crippen molar-refractivity contribution in [2.24, 2.45) is 11.8 Å². The van der Waals surface area contributed by atoms with Gasteiger partial charge >= 0.3 is 0 Å². The molecule has 1 saturated carbocycles. The van der Waals surface area contributed by atoms with Crippen LogP contribution in [0.3, 0.4) is 0 Å². The molecule has 2 aliphatic heterocycles. The largest absolute Gasteiger partial charge is 0.356 e. The van der Waals surface area contributed by atoms with E-state index in [1.54, 1.807) is 0 Å². The third kappa shape index (κ3) is 5.21. The zero-order valence-corrected chi connectivity index (χ0v) is 18.1. The number of amides is 2. The summed E-state index contributed by atoms with van der Waals surface area (Å²) in [4.78, 5) is 30.0. The number of rotatable bonds is 6. The van der Waals surface area contributed by atoms with Crippen molar-refractivity contribution >= 4 is 21.7 Å². The molecule has 2 heterocycles. The highest BCUT2D eigenvalue weighted by molar-refractivity contribution is 7.91. The predicted molar refractivity (Wildman–Crippen MR) is 114 cm³/mol. The molecule has 0 spiro atoms. The van der Waals surface area contributed by atoms with Crippen molar-refractivity contribution in [1.82, 2.24) is 15.1 Å². The molecule has 0 aromatic heterocycles. The molecule has 30 heavy (non-hydrogen) atoms. The van der Waals surface area contributed by atoms with Crippen molar-refractivity contribution in [3.05, 3.63) is 35.9 Å². The summed E-state index contributed by atoms with van der Waals surface area (Å²) in [6.07, 6.45) is 4.00. The number of nitrogens with zero attached hydrogens (tertiary/aromatic N) is 2. The van der Waals surface area contributed by atoms with E-state index >= 15 is 0 Å². The highest BCUT2D eigenvalue weighted by atomic mass is 32.2. The van der Waals surface area contributed by atoms with Crippen LogP contribution in [0.1, 0.15) is 37.3 Å². The fraction of sp³-hybridized carbons (Fsp3) is 0.636. The molecule has 2 saturated heterocycles. The van der Waals surface area contributed by atoms with Gasteiger partial charge in [-0.15, -0.1) is 0 Å². The van der Waals surface area contributed by atoms with Crippen molar-refractivity contribution in [2.75, 3.05) is 44.2 Å². The number of benzene rings is 1. The lowest BCUT2D eigenvalue weighted by atomic mass is 9.95. The highest BCUT2D eigenvalue weighted by Gasteiger charge is 2.37. The SMILES string of the molecule is O=C(NCC1CC1)C1CCCN(C(=O)C(c2ccccc2)N2CCS(=O)(=O)CC2)C1. The number of hydrogen-bond acceptors (Lipinski definition) is 5. The maximum Gasteiger partial charge on any atom is 0.244 e. The number of piperidine rings is 1. The van der Waals surface area contributed by atoms with E-state index in [1.165, 1.54) is 12.8 Å². The molecular weight excluding hydrogens is 402 g/mol. The summed E-state index contributed by atoms with van der Waals surface area (Å²) in [5, 5.41) is 3.05. The molecule has 1 aliphatic carbocycles. The first-order valence-corrected chi connectivity index (χ1v) is 12.8. The molecule has 1 aromatic rings. The van der Waals surface area contributed by atoms with E-state index in [2.05, 4.69) is 5.32 Å². The summed E-state index contributed by atoms with van der Waals surface area (Å²) in [5.41, 5.74) is 0.877. The maximum absolute atomic E-state index is 13.6. The Morgan fingerprint density at radius 1 is 1.03 bits per heavy atom. The zero-order valence-electron chi connectivity index (χ0n) is 17.3. The van der Waals surface area contributed by atoms with Gasteiger partial charge in [-0.2, -0.15) is 0 Å². The standard InChI is InChI=1S/C22H31N3O4S/c26-21(23-15-17-8-9-17)19-7-4-10-25(16-19)22(27)20(18-5-2-1-3-6-18)24-11-13-30(28,29)14-12-24/h1-3,5-6,17,19-20H,4,7-16H2,(H,23,26). The highest BCUT2D eigenvalue weighted by Crippen LogP contribution is 2.29. The second-order valence-electron chi connectivity index (χ2n) is 8.81. The Hall–Kier alpha value is -1.93. The molecule has 1 aromatic carbocycles. The number of carbonyl (C=O) groups is 2. The lowest BCUT2D eigenvalue weighted by Crippen LogP contribution is -2.52. The molecule has 4 rings (SSSR count). The normalized spacial score (nSPS) is 25.5. The van der Waals surface area contributed by atoms with Crippen LogP contribution < -0.4 is 5.32 Å². The predicted octanol–water partition coefficient (Wildman–Crippen LogP) is 1.22.